The molecule has 7 nitrogen and oxygen atoms in total. The molecular weight excluding hydrogens is 536 g/mol. The van der Waals surface area contributed by atoms with Gasteiger partial charge in [0.25, 0.3) is 0 Å². The Hall–Kier alpha value is -2.56. The van der Waals surface area contributed by atoms with E-state index in [9.17, 15) is 22.8 Å². The van der Waals surface area contributed by atoms with Crippen molar-refractivity contribution in [1.29, 1.82) is 5.41 Å². The molecule has 0 saturated carbocycles. The first-order valence-electron chi connectivity index (χ1n) is 11.2. The molecule has 1 rings (SSSR count). The average molecular weight is 569 g/mol. The fourth-order valence-corrected chi connectivity index (χ4v) is 3.55. The van der Waals surface area contributed by atoms with E-state index in [-0.39, 0.29) is 44.9 Å². The Morgan fingerprint density at radius 1 is 1.24 bits per heavy atom. The average Bonchev–Trinajstić information content (AvgIpc) is 2.78. The number of rotatable bonds is 12. The number of carbonyl (C=O) groups is 2. The summed E-state index contributed by atoms with van der Waals surface area (Å²) in [4.78, 5) is 23.3. The number of nitrogens with zero attached hydrogens (tertiary/aromatic N) is 1. The molecule has 0 spiro atoms. The van der Waals surface area contributed by atoms with Crippen molar-refractivity contribution in [2.75, 3.05) is 33.4 Å². The topological polar surface area (TPSA) is 99.9 Å². The zero-order chi connectivity index (χ0) is 28.8. The third-order valence-electron chi connectivity index (χ3n) is 4.67. The predicted octanol–water partition coefficient (Wildman–Crippen LogP) is 5.79. The molecule has 1 amide bonds. The first kappa shape index (κ1) is 34.4. The van der Waals surface area contributed by atoms with Gasteiger partial charge in [0.2, 0.25) is 0 Å². The number of esters is 1. The van der Waals surface area contributed by atoms with Crippen molar-refractivity contribution in [2.24, 2.45) is 5.92 Å². The molecule has 0 unspecified atom stereocenters. The van der Waals surface area contributed by atoms with Crippen molar-refractivity contribution in [2.45, 2.75) is 39.8 Å². The number of hydrogen-bond acceptors (Lipinski definition) is 6. The highest BCUT2D eigenvalue weighted by molar-refractivity contribution is 6.37. The van der Waals surface area contributed by atoms with Crippen molar-refractivity contribution < 1.29 is 37.3 Å². The molecule has 0 fully saturated rings. The largest absolute Gasteiger partial charge is 0.488 e. The van der Waals surface area contributed by atoms with E-state index in [0.29, 0.717) is 26.3 Å². The Morgan fingerprint density at radius 3 is 2.27 bits per heavy atom. The van der Waals surface area contributed by atoms with Crippen LogP contribution in [-0.2, 0) is 14.3 Å². The molecule has 0 aliphatic rings. The van der Waals surface area contributed by atoms with Gasteiger partial charge in [-0.15, -0.1) is 0 Å². The van der Waals surface area contributed by atoms with E-state index in [1.54, 1.807) is 26.0 Å². The Balaban J connectivity index is 0.000000832. The Kier molecular flexibility index (Phi) is 15.9. The minimum Gasteiger partial charge on any atom is -0.488 e. The summed E-state index contributed by atoms with van der Waals surface area (Å²) in [6.07, 6.45) is -1.85. The third-order valence-corrected chi connectivity index (χ3v) is 5.23. The second kappa shape index (κ2) is 17.0. The van der Waals surface area contributed by atoms with Crippen LogP contribution in [0.3, 0.4) is 0 Å². The van der Waals surface area contributed by atoms with Crippen molar-refractivity contribution in [3.05, 3.63) is 52.0 Å². The van der Waals surface area contributed by atoms with Crippen molar-refractivity contribution in [3.63, 3.8) is 0 Å². The summed E-state index contributed by atoms with van der Waals surface area (Å²) in [5, 5.41) is 16.8. The van der Waals surface area contributed by atoms with Gasteiger partial charge in [-0.2, -0.15) is 13.2 Å². The summed E-state index contributed by atoms with van der Waals surface area (Å²) in [5.41, 5.74) is 1.74. The summed E-state index contributed by atoms with van der Waals surface area (Å²) in [7, 11) is 1.05. The molecule has 2 N–H and O–H groups in total. The van der Waals surface area contributed by atoms with Gasteiger partial charge in [-0.1, -0.05) is 41.4 Å². The molecule has 0 radical (unpaired) electrons. The number of hydrogen-bond donors (Lipinski definition) is 2. The number of aliphatic hydroxyl groups excluding tert-OH is 1. The summed E-state index contributed by atoms with van der Waals surface area (Å²) in [5.74, 6) is -2.48. The van der Waals surface area contributed by atoms with Gasteiger partial charge in [0.15, 0.2) is 5.75 Å². The van der Waals surface area contributed by atoms with E-state index in [2.05, 4.69) is 6.58 Å². The number of halogens is 5. The first-order chi connectivity index (χ1) is 17.1. The SMILES string of the molecule is C=C(/C=C\C(C)=N)[C@@H](CCN(C)C(=O)C(F)(F)F)CC(=O)OCC.Cc1cc(Cl)c(OCCO)c(Cl)c1. The molecule has 1 atom stereocenters. The van der Waals surface area contributed by atoms with Crippen LogP contribution in [0, 0.1) is 18.3 Å². The van der Waals surface area contributed by atoms with Crippen LogP contribution < -0.4 is 4.74 Å². The Morgan fingerprint density at radius 2 is 1.81 bits per heavy atom. The Labute approximate surface area is 225 Å². The van der Waals surface area contributed by atoms with E-state index < -0.39 is 24.0 Å². The first-order valence-corrected chi connectivity index (χ1v) is 12.0. The van der Waals surface area contributed by atoms with Crippen LogP contribution in [0.2, 0.25) is 10.0 Å². The smallest absolute Gasteiger partial charge is 0.471 e. The van der Waals surface area contributed by atoms with E-state index in [4.69, 9.17) is 43.2 Å². The number of carbonyl (C=O) groups excluding carboxylic acids is 2. The number of amides is 1. The van der Waals surface area contributed by atoms with Crippen LogP contribution in [0.25, 0.3) is 0 Å². The molecular formula is C25H33Cl2F3N2O5. The normalized spacial score (nSPS) is 11.8. The predicted molar refractivity (Wildman–Crippen MR) is 139 cm³/mol. The molecule has 0 saturated heterocycles. The molecule has 37 heavy (non-hydrogen) atoms. The van der Waals surface area contributed by atoms with Gasteiger partial charge >= 0.3 is 18.1 Å². The van der Waals surface area contributed by atoms with Gasteiger partial charge in [-0.3, -0.25) is 9.59 Å². The van der Waals surface area contributed by atoms with Crippen molar-refractivity contribution in [1.82, 2.24) is 4.90 Å². The monoisotopic (exact) mass is 568 g/mol. The zero-order valence-electron chi connectivity index (χ0n) is 21.3. The van der Waals surface area contributed by atoms with Gasteiger partial charge in [0.05, 0.1) is 29.7 Å². The summed E-state index contributed by atoms with van der Waals surface area (Å²) in [6.45, 7) is 9.05. The second-order valence-electron chi connectivity index (χ2n) is 7.94. The van der Waals surface area contributed by atoms with E-state index in [0.717, 1.165) is 12.6 Å². The molecule has 0 heterocycles. The lowest BCUT2D eigenvalue weighted by molar-refractivity contribution is -0.184. The highest BCUT2D eigenvalue weighted by Crippen LogP contribution is 2.33. The van der Waals surface area contributed by atoms with Crippen molar-refractivity contribution in [3.8, 4) is 5.75 Å². The molecule has 1 aromatic carbocycles. The number of allylic oxidation sites excluding steroid dienone is 3. The van der Waals surface area contributed by atoms with Crippen LogP contribution >= 0.6 is 23.2 Å². The van der Waals surface area contributed by atoms with Crippen LogP contribution in [-0.4, -0.2) is 67.2 Å². The van der Waals surface area contributed by atoms with Crippen LogP contribution in [0.5, 0.6) is 5.75 Å². The Bertz CT molecular complexity index is 945. The number of nitrogens with one attached hydrogen (secondary N) is 1. The fraction of sp³-hybridized carbons (Fsp3) is 0.480. The highest BCUT2D eigenvalue weighted by Gasteiger charge is 2.41. The van der Waals surface area contributed by atoms with E-state index in [1.807, 2.05) is 6.92 Å². The molecule has 0 aliphatic heterocycles. The van der Waals surface area contributed by atoms with Crippen LogP contribution in [0.4, 0.5) is 13.2 Å². The van der Waals surface area contributed by atoms with Gasteiger partial charge < -0.3 is 24.9 Å². The van der Waals surface area contributed by atoms with Crippen LogP contribution in [0.15, 0.2) is 36.4 Å². The lowest BCUT2D eigenvalue weighted by Gasteiger charge is -2.22. The number of aryl methyl sites for hydroxylation is 1. The quantitative estimate of drug-likeness (QED) is 0.189. The third kappa shape index (κ3) is 14.1. The molecule has 0 bridgehead atoms. The van der Waals surface area contributed by atoms with E-state index >= 15 is 0 Å². The van der Waals surface area contributed by atoms with E-state index in [1.165, 1.54) is 12.2 Å². The number of alkyl halides is 3. The minimum atomic E-state index is -4.93. The summed E-state index contributed by atoms with van der Waals surface area (Å²) in [6, 6.07) is 3.53. The second-order valence-corrected chi connectivity index (χ2v) is 8.75. The maximum Gasteiger partial charge on any atom is 0.471 e. The van der Waals surface area contributed by atoms with Crippen LogP contribution in [0.1, 0.15) is 32.3 Å². The summed E-state index contributed by atoms with van der Waals surface area (Å²) >= 11 is 11.8. The zero-order valence-corrected chi connectivity index (χ0v) is 22.8. The lowest BCUT2D eigenvalue weighted by Crippen LogP contribution is -2.39. The molecule has 0 aromatic heterocycles. The molecule has 12 heteroatoms. The van der Waals surface area contributed by atoms with Gasteiger partial charge in [0.1, 0.15) is 6.61 Å². The number of benzene rings is 1. The number of ether oxygens (including phenoxy) is 2. The van der Waals surface area contributed by atoms with Gasteiger partial charge in [0, 0.05) is 19.3 Å². The number of aliphatic hydroxyl groups is 1. The fourth-order valence-electron chi connectivity index (χ4n) is 2.85. The maximum atomic E-state index is 12.4. The maximum absolute atomic E-state index is 12.4. The summed E-state index contributed by atoms with van der Waals surface area (Å²) < 4.78 is 47.2. The minimum absolute atomic E-state index is 0.0535. The molecule has 0 aliphatic carbocycles. The molecule has 1 aromatic rings. The standard InChI is InChI=1S/C16H23F3N2O3.C9H10Cl2O2/c1-5-24-14(22)10-13(11(2)6-7-12(3)20)8-9-21(4)15(23)16(17,18)19;1-6-4-7(10)9(8(11)5-6)13-3-2-12/h6-7,13,20H,2,5,8-10H2,1,3-4H3;4-5,12H,2-3H2,1H3/b7-6-,20-12?;/t13-;/m0./s1. The van der Waals surface area contributed by atoms with Gasteiger partial charge in [-0.05, 0) is 56.9 Å². The lowest BCUT2D eigenvalue weighted by atomic mass is 9.92. The highest BCUT2D eigenvalue weighted by atomic mass is 35.5. The molecule has 208 valence electrons. The van der Waals surface area contributed by atoms with Crippen molar-refractivity contribution >= 4 is 40.8 Å². The van der Waals surface area contributed by atoms with Gasteiger partial charge in [-0.25, -0.2) is 0 Å².